The van der Waals surface area contributed by atoms with Gasteiger partial charge in [-0.3, -0.25) is 0 Å². The molecule has 1 fully saturated rings. The van der Waals surface area contributed by atoms with Gasteiger partial charge in [0.25, 0.3) is 0 Å². The Kier molecular flexibility index (Phi) is 5.88. The van der Waals surface area contributed by atoms with Crippen molar-refractivity contribution < 1.29 is 24.3 Å². The highest BCUT2D eigenvalue weighted by atomic mass is 16.7. The summed E-state index contributed by atoms with van der Waals surface area (Å²) in [5, 5.41) is 9.92. The Morgan fingerprint density at radius 2 is 2.05 bits per heavy atom. The second kappa shape index (κ2) is 8.11. The fourth-order valence-electron chi connectivity index (χ4n) is 1.93. The summed E-state index contributed by atoms with van der Waals surface area (Å²) in [5.74, 6) is -1.90. The van der Waals surface area contributed by atoms with E-state index >= 15 is 0 Å². The van der Waals surface area contributed by atoms with Crippen LogP contribution in [0.5, 0.6) is 0 Å². The molecular weight excluding hydrogens is 286 g/mol. The van der Waals surface area contributed by atoms with Crippen molar-refractivity contribution in [1.82, 2.24) is 5.06 Å². The fourth-order valence-corrected chi connectivity index (χ4v) is 1.93. The van der Waals surface area contributed by atoms with Gasteiger partial charge in [0.05, 0.1) is 25.8 Å². The third kappa shape index (κ3) is 5.51. The van der Waals surface area contributed by atoms with E-state index in [0.717, 1.165) is 17.7 Å². The number of benzene rings is 1. The highest BCUT2D eigenvalue weighted by Crippen LogP contribution is 2.10. The summed E-state index contributed by atoms with van der Waals surface area (Å²) >= 11 is 0. The number of hydrogen-bond acceptors (Lipinski definition) is 5. The second-order valence-electron chi connectivity index (χ2n) is 4.65. The number of hydroxylamine groups is 2. The molecule has 1 atom stereocenters. The first-order valence-corrected chi connectivity index (χ1v) is 6.86. The molecule has 6 heteroatoms. The number of ether oxygens (including phenoxy) is 1. The first-order chi connectivity index (χ1) is 10.6. The van der Waals surface area contributed by atoms with Gasteiger partial charge in [0.2, 0.25) is 0 Å². The van der Waals surface area contributed by atoms with Crippen LogP contribution in [0.4, 0.5) is 0 Å². The molecule has 1 N–H and O–H groups in total. The number of carboxylic acids is 1. The Bertz CT molecular complexity index is 567. The number of hydrogen-bond donors (Lipinski definition) is 1. The first kappa shape index (κ1) is 15.9. The van der Waals surface area contributed by atoms with Crippen LogP contribution >= 0.6 is 0 Å². The number of aliphatic carboxylic acids is 1. The van der Waals surface area contributed by atoms with Gasteiger partial charge in [-0.2, -0.15) is 0 Å². The molecule has 1 aromatic carbocycles. The smallest absolute Gasteiger partial charge is 0.349 e. The highest BCUT2D eigenvalue weighted by molar-refractivity contribution is 5.90. The van der Waals surface area contributed by atoms with Crippen LogP contribution in [-0.2, 0) is 19.2 Å². The van der Waals surface area contributed by atoms with Gasteiger partial charge in [-0.25, -0.2) is 9.59 Å². The third-order valence-corrected chi connectivity index (χ3v) is 2.94. The van der Waals surface area contributed by atoms with E-state index in [1.807, 2.05) is 42.5 Å². The number of carbonyl (C=O) groups excluding carboxylic acids is 1. The van der Waals surface area contributed by atoms with Gasteiger partial charge in [0.15, 0.2) is 0 Å². The minimum Gasteiger partial charge on any atom is -0.478 e. The fraction of sp³-hybridized carbons (Fsp3) is 0.250. The lowest BCUT2D eigenvalue weighted by Crippen LogP contribution is -2.42. The van der Waals surface area contributed by atoms with Crippen molar-refractivity contribution in [3.63, 3.8) is 0 Å². The van der Waals surface area contributed by atoms with Gasteiger partial charge in [-0.15, -0.1) is 5.06 Å². The second-order valence-corrected chi connectivity index (χ2v) is 4.65. The van der Waals surface area contributed by atoms with Gasteiger partial charge < -0.3 is 14.7 Å². The van der Waals surface area contributed by atoms with Crippen LogP contribution in [-0.4, -0.2) is 47.9 Å². The summed E-state index contributed by atoms with van der Waals surface area (Å²) in [6.07, 6.45) is 5.29. The van der Waals surface area contributed by atoms with Gasteiger partial charge in [-0.1, -0.05) is 42.5 Å². The lowest BCUT2D eigenvalue weighted by Gasteiger charge is -2.29. The van der Waals surface area contributed by atoms with Crippen molar-refractivity contribution >= 4 is 18.0 Å². The maximum Gasteiger partial charge on any atom is 0.349 e. The number of rotatable bonds is 5. The van der Waals surface area contributed by atoms with Crippen molar-refractivity contribution in [2.75, 3.05) is 19.7 Å². The molecule has 1 aliphatic rings. The van der Waals surface area contributed by atoms with Crippen molar-refractivity contribution in [2.24, 2.45) is 0 Å². The summed E-state index contributed by atoms with van der Waals surface area (Å²) < 4.78 is 5.58. The van der Waals surface area contributed by atoms with E-state index < -0.39 is 11.9 Å². The average Bonchev–Trinajstić information content (AvgIpc) is 2.52. The van der Waals surface area contributed by atoms with Gasteiger partial charge in [-0.05, 0) is 5.56 Å². The Labute approximate surface area is 128 Å². The molecule has 0 aromatic heterocycles. The van der Waals surface area contributed by atoms with Crippen LogP contribution in [0.1, 0.15) is 5.56 Å². The Balaban J connectivity index is 1.85. The highest BCUT2D eigenvalue weighted by Gasteiger charge is 2.21. The molecule has 116 valence electrons. The van der Waals surface area contributed by atoms with Crippen LogP contribution < -0.4 is 0 Å². The normalized spacial score (nSPS) is 19.5. The van der Waals surface area contributed by atoms with E-state index in [2.05, 4.69) is 0 Å². The molecule has 1 aromatic rings. The molecule has 0 aliphatic carbocycles. The molecule has 0 radical (unpaired) electrons. The number of morpholine rings is 1. The van der Waals surface area contributed by atoms with Crippen LogP contribution in [0.3, 0.4) is 0 Å². The van der Waals surface area contributed by atoms with E-state index in [1.54, 1.807) is 0 Å². The molecule has 0 saturated carbocycles. The summed E-state index contributed by atoms with van der Waals surface area (Å²) in [5.41, 5.74) is 1.06. The molecular formula is C16H17NO5. The van der Waals surface area contributed by atoms with Crippen LogP contribution in [0, 0.1) is 0 Å². The molecule has 1 unspecified atom stereocenters. The van der Waals surface area contributed by atoms with Crippen LogP contribution in [0.2, 0.25) is 0 Å². The van der Waals surface area contributed by atoms with Gasteiger partial charge >= 0.3 is 11.9 Å². The van der Waals surface area contributed by atoms with E-state index in [1.165, 1.54) is 5.06 Å². The predicted octanol–water partition coefficient (Wildman–Crippen LogP) is 1.50. The molecule has 6 nitrogen and oxygen atoms in total. The zero-order chi connectivity index (χ0) is 15.8. The third-order valence-electron chi connectivity index (χ3n) is 2.94. The predicted molar refractivity (Wildman–Crippen MR) is 79.7 cm³/mol. The number of carbonyl (C=O) groups is 2. The molecule has 0 amide bonds. The molecule has 22 heavy (non-hydrogen) atoms. The van der Waals surface area contributed by atoms with Crippen molar-refractivity contribution in [2.45, 2.75) is 6.10 Å². The SMILES string of the molecule is O=C(O)/C=C\C(=O)ON1CCOC(C=Cc2ccccc2)C1. The average molecular weight is 303 g/mol. The van der Waals surface area contributed by atoms with E-state index in [-0.39, 0.29) is 6.10 Å². The van der Waals surface area contributed by atoms with Crippen molar-refractivity contribution in [3.05, 3.63) is 54.1 Å². The largest absolute Gasteiger partial charge is 0.478 e. The number of nitrogens with zero attached hydrogens (tertiary/aromatic N) is 1. The molecule has 1 heterocycles. The Morgan fingerprint density at radius 3 is 2.77 bits per heavy atom. The first-order valence-electron chi connectivity index (χ1n) is 6.86. The van der Waals surface area contributed by atoms with E-state index in [4.69, 9.17) is 14.7 Å². The van der Waals surface area contributed by atoms with E-state index in [0.29, 0.717) is 19.7 Å². The molecule has 1 aliphatic heterocycles. The number of carboxylic acid groups (broad SMARTS) is 1. The van der Waals surface area contributed by atoms with Gasteiger partial charge in [0, 0.05) is 12.2 Å². The van der Waals surface area contributed by atoms with Crippen molar-refractivity contribution in [1.29, 1.82) is 0 Å². The Morgan fingerprint density at radius 1 is 1.27 bits per heavy atom. The van der Waals surface area contributed by atoms with Gasteiger partial charge in [0.1, 0.15) is 0 Å². The lowest BCUT2D eigenvalue weighted by molar-refractivity contribution is -0.205. The molecule has 2 rings (SSSR count). The maximum absolute atomic E-state index is 11.4. The quantitative estimate of drug-likeness (QED) is 0.831. The lowest BCUT2D eigenvalue weighted by atomic mass is 10.2. The van der Waals surface area contributed by atoms with E-state index in [9.17, 15) is 9.59 Å². The summed E-state index contributed by atoms with van der Waals surface area (Å²) in [6.45, 7) is 1.28. The molecule has 1 saturated heterocycles. The maximum atomic E-state index is 11.4. The van der Waals surface area contributed by atoms with Crippen LogP contribution in [0.15, 0.2) is 48.6 Å². The molecule has 0 spiro atoms. The minimum atomic E-state index is -1.19. The van der Waals surface area contributed by atoms with Crippen LogP contribution in [0.25, 0.3) is 6.08 Å². The monoisotopic (exact) mass is 303 g/mol. The zero-order valence-corrected chi connectivity index (χ0v) is 11.9. The minimum absolute atomic E-state index is 0.190. The summed E-state index contributed by atoms with van der Waals surface area (Å²) in [4.78, 5) is 26.8. The zero-order valence-electron chi connectivity index (χ0n) is 11.9. The molecule has 0 bridgehead atoms. The summed E-state index contributed by atoms with van der Waals surface area (Å²) in [6, 6.07) is 9.80. The standard InChI is InChI=1S/C16H17NO5/c18-15(19)8-9-16(20)22-17-10-11-21-14(12-17)7-6-13-4-2-1-3-5-13/h1-9,14H,10-12H2,(H,18,19)/b7-6?,9-8-. The van der Waals surface area contributed by atoms with Crippen molar-refractivity contribution in [3.8, 4) is 0 Å². The topological polar surface area (TPSA) is 76.1 Å². The summed E-state index contributed by atoms with van der Waals surface area (Å²) in [7, 11) is 0. The Hall–Kier alpha value is -2.44.